The van der Waals surface area contributed by atoms with Gasteiger partial charge in [-0.3, -0.25) is 0 Å². The van der Waals surface area contributed by atoms with Gasteiger partial charge in [-0.05, 0) is 25.7 Å². The van der Waals surface area contributed by atoms with Crippen molar-refractivity contribution in [2.45, 2.75) is 32.1 Å². The van der Waals surface area contributed by atoms with Gasteiger partial charge in [0.25, 0.3) is 0 Å². The first-order valence-corrected chi connectivity index (χ1v) is 3.86. The summed E-state index contributed by atoms with van der Waals surface area (Å²) in [6.07, 6.45) is 13.5. The first-order valence-electron chi connectivity index (χ1n) is 3.86. The van der Waals surface area contributed by atoms with E-state index >= 15 is 0 Å². The third-order valence-electron chi connectivity index (χ3n) is 1.31. The van der Waals surface area contributed by atoms with E-state index in [1.807, 2.05) is 0 Å². The van der Waals surface area contributed by atoms with Crippen LogP contribution in [0.15, 0.2) is 5.16 Å². The van der Waals surface area contributed by atoms with Gasteiger partial charge in [-0.2, -0.15) is 0 Å². The number of rotatable bonds is 6. The van der Waals surface area contributed by atoms with Crippen LogP contribution >= 0.6 is 0 Å². The minimum Gasteiger partial charge on any atom is -0.399 e. The maximum atomic E-state index is 6.65. The van der Waals surface area contributed by atoms with Crippen LogP contribution in [-0.4, -0.2) is 13.3 Å². The van der Waals surface area contributed by atoms with Crippen molar-refractivity contribution < 1.29 is 4.84 Å². The van der Waals surface area contributed by atoms with Crippen LogP contribution in [0, 0.1) is 12.3 Å². The predicted molar refractivity (Wildman–Crippen MR) is 45.7 cm³/mol. The molecule has 0 aromatic carbocycles. The molecule has 0 aliphatic heterocycles. The molecule has 0 aliphatic rings. The van der Waals surface area contributed by atoms with E-state index in [1.54, 1.807) is 13.3 Å². The molecule has 0 aliphatic carbocycles. The molecule has 0 unspecified atom stereocenters. The number of nitrogens with zero attached hydrogens (tertiary/aromatic N) is 1. The lowest BCUT2D eigenvalue weighted by atomic mass is 10.2. The average Bonchev–Trinajstić information content (AvgIpc) is 2.03. The number of oxime groups is 1. The predicted octanol–water partition coefficient (Wildman–Crippen LogP) is 2.16. The Morgan fingerprint density at radius 1 is 1.45 bits per heavy atom. The van der Waals surface area contributed by atoms with Gasteiger partial charge in [-0.15, -0.1) is 0 Å². The zero-order valence-corrected chi connectivity index (χ0v) is 6.97. The standard InChI is InChI=1S/C9H14NO/c1-3-4-5-6-7-8-9-10-11-2/h9H,4-8H2,2H3/b10-9-. The van der Waals surface area contributed by atoms with Crippen LogP contribution in [0.1, 0.15) is 32.1 Å². The quantitative estimate of drug-likeness (QED) is 0.247. The molecule has 1 radical (unpaired) electrons. The smallest absolute Gasteiger partial charge is 0.106 e. The maximum Gasteiger partial charge on any atom is 0.106 e. The summed E-state index contributed by atoms with van der Waals surface area (Å²) < 4.78 is 0. The maximum absolute atomic E-state index is 6.65. The number of unbranched alkanes of at least 4 members (excludes halogenated alkanes) is 4. The van der Waals surface area contributed by atoms with Crippen molar-refractivity contribution in [1.82, 2.24) is 0 Å². The van der Waals surface area contributed by atoms with Crippen LogP contribution in [-0.2, 0) is 4.84 Å². The Hall–Kier alpha value is -0.970. The van der Waals surface area contributed by atoms with Crippen LogP contribution in [0.4, 0.5) is 0 Å². The first-order chi connectivity index (χ1) is 5.41. The second-order valence-electron chi connectivity index (χ2n) is 2.25. The van der Waals surface area contributed by atoms with Gasteiger partial charge in [0, 0.05) is 12.6 Å². The highest BCUT2D eigenvalue weighted by Gasteiger charge is 1.85. The van der Waals surface area contributed by atoms with Crippen molar-refractivity contribution in [1.29, 1.82) is 0 Å². The molecule has 0 bridgehead atoms. The molecule has 0 saturated heterocycles. The summed E-state index contributed by atoms with van der Waals surface area (Å²) >= 11 is 0. The van der Waals surface area contributed by atoms with Gasteiger partial charge in [0.15, 0.2) is 0 Å². The van der Waals surface area contributed by atoms with Gasteiger partial charge in [-0.1, -0.05) is 17.5 Å². The highest BCUT2D eigenvalue weighted by Crippen LogP contribution is 2.00. The molecule has 0 aromatic rings. The third-order valence-corrected chi connectivity index (χ3v) is 1.31. The summed E-state index contributed by atoms with van der Waals surface area (Å²) in [6, 6.07) is 0. The van der Waals surface area contributed by atoms with E-state index in [1.165, 1.54) is 0 Å². The minimum atomic E-state index is 0.779. The van der Waals surface area contributed by atoms with Crippen molar-refractivity contribution in [3.05, 3.63) is 6.42 Å². The molecule has 0 spiro atoms. The van der Waals surface area contributed by atoms with Gasteiger partial charge < -0.3 is 4.84 Å². The Kier molecular flexibility index (Phi) is 8.23. The number of hydrogen-bond donors (Lipinski definition) is 0. The van der Waals surface area contributed by atoms with Crippen LogP contribution in [0.5, 0.6) is 0 Å². The van der Waals surface area contributed by atoms with Gasteiger partial charge in [0.2, 0.25) is 0 Å². The first kappa shape index (κ1) is 10.0. The van der Waals surface area contributed by atoms with E-state index in [0.29, 0.717) is 0 Å². The monoisotopic (exact) mass is 152 g/mol. The summed E-state index contributed by atoms with van der Waals surface area (Å²) in [5, 5.41) is 3.61. The van der Waals surface area contributed by atoms with Crippen LogP contribution in [0.2, 0.25) is 0 Å². The molecular formula is C9H14NO. The largest absolute Gasteiger partial charge is 0.399 e. The summed E-state index contributed by atoms with van der Waals surface area (Å²) in [6.45, 7) is 0. The molecule has 61 valence electrons. The second kappa shape index (κ2) is 9.03. The molecule has 0 heterocycles. The van der Waals surface area contributed by atoms with Gasteiger partial charge in [0.05, 0.1) is 0 Å². The van der Waals surface area contributed by atoms with Gasteiger partial charge >= 0.3 is 0 Å². The molecule has 2 heteroatoms. The van der Waals surface area contributed by atoms with E-state index in [9.17, 15) is 0 Å². The van der Waals surface area contributed by atoms with Crippen LogP contribution < -0.4 is 0 Å². The van der Waals surface area contributed by atoms with Gasteiger partial charge in [0.1, 0.15) is 7.11 Å². The Bertz CT molecular complexity index is 135. The fraction of sp³-hybridized carbons (Fsp3) is 0.667. The van der Waals surface area contributed by atoms with Crippen molar-refractivity contribution >= 4 is 6.21 Å². The van der Waals surface area contributed by atoms with Crippen molar-refractivity contribution in [3.63, 3.8) is 0 Å². The van der Waals surface area contributed by atoms with Crippen molar-refractivity contribution in [2.24, 2.45) is 5.16 Å². The molecule has 11 heavy (non-hydrogen) atoms. The lowest BCUT2D eigenvalue weighted by Crippen LogP contribution is -1.79. The van der Waals surface area contributed by atoms with Gasteiger partial charge in [-0.25, -0.2) is 0 Å². The topological polar surface area (TPSA) is 21.6 Å². The molecular weight excluding hydrogens is 138 g/mol. The third kappa shape index (κ3) is 9.03. The Morgan fingerprint density at radius 2 is 2.27 bits per heavy atom. The summed E-state index contributed by atoms with van der Waals surface area (Å²) in [7, 11) is 1.54. The zero-order chi connectivity index (χ0) is 8.36. The minimum absolute atomic E-state index is 0.779. The lowest BCUT2D eigenvalue weighted by molar-refractivity contribution is 0.214. The number of hydrogen-bond acceptors (Lipinski definition) is 2. The van der Waals surface area contributed by atoms with Crippen LogP contribution in [0.3, 0.4) is 0 Å². The fourth-order valence-corrected chi connectivity index (χ4v) is 0.753. The lowest BCUT2D eigenvalue weighted by Gasteiger charge is -1.92. The Morgan fingerprint density at radius 3 is 2.91 bits per heavy atom. The van der Waals surface area contributed by atoms with E-state index in [0.717, 1.165) is 32.1 Å². The van der Waals surface area contributed by atoms with E-state index in [4.69, 9.17) is 6.42 Å². The van der Waals surface area contributed by atoms with Crippen molar-refractivity contribution in [3.8, 4) is 5.92 Å². The van der Waals surface area contributed by atoms with Crippen LogP contribution in [0.25, 0.3) is 0 Å². The zero-order valence-electron chi connectivity index (χ0n) is 6.97. The molecule has 0 rings (SSSR count). The molecule has 0 aromatic heterocycles. The average molecular weight is 152 g/mol. The summed E-state index contributed by atoms with van der Waals surface area (Å²) in [5.74, 6) is 2.36. The highest BCUT2D eigenvalue weighted by atomic mass is 16.6. The van der Waals surface area contributed by atoms with E-state index < -0.39 is 0 Å². The molecule has 2 nitrogen and oxygen atoms in total. The Balaban J connectivity index is 2.91. The SMILES string of the molecule is [C]#CCCCCC/C=N\OC. The molecule has 0 atom stereocenters. The second-order valence-corrected chi connectivity index (χ2v) is 2.25. The van der Waals surface area contributed by atoms with E-state index in [2.05, 4.69) is 15.9 Å². The normalized spacial score (nSPS) is 9.82. The fourth-order valence-electron chi connectivity index (χ4n) is 0.753. The Labute approximate surface area is 68.6 Å². The molecule has 0 saturated carbocycles. The molecule has 0 amide bonds. The highest BCUT2D eigenvalue weighted by molar-refractivity contribution is 5.55. The molecule has 0 fully saturated rings. The summed E-state index contributed by atoms with van der Waals surface area (Å²) in [4.78, 5) is 4.50. The van der Waals surface area contributed by atoms with E-state index in [-0.39, 0.29) is 0 Å². The van der Waals surface area contributed by atoms with Crippen molar-refractivity contribution in [2.75, 3.05) is 7.11 Å². The molecule has 0 N–H and O–H groups in total. The summed E-state index contributed by atoms with van der Waals surface area (Å²) in [5.41, 5.74) is 0.